The van der Waals surface area contributed by atoms with Gasteiger partial charge in [0.05, 0.1) is 0 Å². The van der Waals surface area contributed by atoms with Crippen LogP contribution in [0.2, 0.25) is 0 Å². The van der Waals surface area contributed by atoms with Crippen LogP contribution in [0.25, 0.3) is 0 Å². The van der Waals surface area contributed by atoms with Gasteiger partial charge in [-0.2, -0.15) is 0 Å². The van der Waals surface area contributed by atoms with Crippen LogP contribution in [0.15, 0.2) is 48.8 Å². The molecular weight excluding hydrogens is 208 g/mol. The van der Waals surface area contributed by atoms with Gasteiger partial charge in [0.15, 0.2) is 0 Å². The number of nitrogens with one attached hydrogen (secondary N) is 1. The van der Waals surface area contributed by atoms with E-state index in [1.165, 1.54) is 16.8 Å². The third-order valence-electron chi connectivity index (χ3n) is 2.92. The van der Waals surface area contributed by atoms with Gasteiger partial charge in [0, 0.05) is 24.1 Å². The Labute approximate surface area is 103 Å². The maximum Gasteiger partial charge on any atom is 0.0486 e. The number of pyridine rings is 1. The summed E-state index contributed by atoms with van der Waals surface area (Å²) in [4.78, 5) is 4.03. The van der Waals surface area contributed by atoms with Crippen molar-refractivity contribution in [2.45, 2.75) is 26.3 Å². The minimum Gasteiger partial charge on any atom is -0.379 e. The van der Waals surface area contributed by atoms with Gasteiger partial charge >= 0.3 is 0 Å². The van der Waals surface area contributed by atoms with E-state index in [9.17, 15) is 0 Å². The molecule has 2 heteroatoms. The maximum atomic E-state index is 4.03. The Bertz CT molecular complexity index is 465. The first kappa shape index (κ1) is 11.6. The highest BCUT2D eigenvalue weighted by molar-refractivity contribution is 5.47. The lowest BCUT2D eigenvalue weighted by atomic mass is 10.1. The van der Waals surface area contributed by atoms with E-state index in [0.29, 0.717) is 6.04 Å². The molecule has 0 saturated carbocycles. The molecule has 1 N–H and O–H groups in total. The smallest absolute Gasteiger partial charge is 0.0486 e. The second-order valence-corrected chi connectivity index (χ2v) is 4.20. The lowest BCUT2D eigenvalue weighted by Gasteiger charge is -2.16. The van der Waals surface area contributed by atoms with Gasteiger partial charge in [-0.15, -0.1) is 0 Å². The van der Waals surface area contributed by atoms with Gasteiger partial charge in [-0.05, 0) is 48.7 Å². The average molecular weight is 226 g/mol. The molecule has 17 heavy (non-hydrogen) atoms. The van der Waals surface area contributed by atoms with Crippen LogP contribution >= 0.6 is 0 Å². The number of benzene rings is 1. The van der Waals surface area contributed by atoms with E-state index in [0.717, 1.165) is 6.42 Å². The monoisotopic (exact) mass is 226 g/mol. The normalized spacial score (nSPS) is 12.1. The number of aryl methyl sites for hydroxylation is 1. The van der Waals surface area contributed by atoms with E-state index in [4.69, 9.17) is 0 Å². The standard InChI is InChI=1S/C15H18N2/c1-3-13-5-4-6-15(11-13)17-12(2)14-7-9-16-10-8-14/h4-12,17H,3H2,1-2H3. The molecule has 0 amide bonds. The molecule has 0 saturated heterocycles. The molecule has 0 radical (unpaired) electrons. The molecular formula is C15H18N2. The summed E-state index contributed by atoms with van der Waals surface area (Å²) in [5.41, 5.74) is 3.78. The number of nitrogens with zero attached hydrogens (tertiary/aromatic N) is 1. The molecule has 0 fully saturated rings. The zero-order chi connectivity index (χ0) is 12.1. The van der Waals surface area contributed by atoms with Crippen LogP contribution in [0, 0.1) is 0 Å². The van der Waals surface area contributed by atoms with Gasteiger partial charge in [-0.3, -0.25) is 4.98 Å². The summed E-state index contributed by atoms with van der Waals surface area (Å²) in [6.07, 6.45) is 4.73. The Morgan fingerprint density at radius 2 is 1.94 bits per heavy atom. The first-order valence-electron chi connectivity index (χ1n) is 6.05. The van der Waals surface area contributed by atoms with E-state index in [-0.39, 0.29) is 0 Å². The van der Waals surface area contributed by atoms with Crippen molar-refractivity contribution in [3.05, 3.63) is 59.9 Å². The first-order chi connectivity index (χ1) is 8.29. The molecule has 0 bridgehead atoms. The van der Waals surface area contributed by atoms with Gasteiger partial charge in [0.25, 0.3) is 0 Å². The largest absolute Gasteiger partial charge is 0.379 e. The highest BCUT2D eigenvalue weighted by atomic mass is 14.9. The summed E-state index contributed by atoms with van der Waals surface area (Å²) in [5.74, 6) is 0. The second-order valence-electron chi connectivity index (χ2n) is 4.20. The fourth-order valence-electron chi connectivity index (χ4n) is 1.87. The zero-order valence-corrected chi connectivity index (χ0v) is 10.4. The molecule has 0 spiro atoms. The van der Waals surface area contributed by atoms with Gasteiger partial charge in [-0.25, -0.2) is 0 Å². The summed E-state index contributed by atoms with van der Waals surface area (Å²) < 4.78 is 0. The van der Waals surface area contributed by atoms with E-state index < -0.39 is 0 Å². The highest BCUT2D eigenvalue weighted by Gasteiger charge is 2.04. The van der Waals surface area contributed by atoms with E-state index in [1.54, 1.807) is 0 Å². The fourth-order valence-corrected chi connectivity index (χ4v) is 1.87. The highest BCUT2D eigenvalue weighted by Crippen LogP contribution is 2.19. The molecule has 1 aromatic carbocycles. The van der Waals surface area contributed by atoms with Crippen molar-refractivity contribution >= 4 is 5.69 Å². The van der Waals surface area contributed by atoms with Gasteiger partial charge in [0.2, 0.25) is 0 Å². The molecule has 2 aromatic rings. The predicted octanol–water partition coefficient (Wildman–Crippen LogP) is 3.82. The summed E-state index contributed by atoms with van der Waals surface area (Å²) >= 11 is 0. The number of aromatic nitrogens is 1. The lowest BCUT2D eigenvalue weighted by Crippen LogP contribution is -2.06. The van der Waals surface area contributed by atoms with Crippen LogP contribution in [-0.2, 0) is 6.42 Å². The van der Waals surface area contributed by atoms with E-state index >= 15 is 0 Å². The average Bonchev–Trinajstić information content (AvgIpc) is 2.40. The van der Waals surface area contributed by atoms with E-state index in [2.05, 4.69) is 48.4 Å². The second kappa shape index (κ2) is 5.48. The predicted molar refractivity (Wildman–Crippen MR) is 72.1 cm³/mol. The van der Waals surface area contributed by atoms with Crippen LogP contribution in [-0.4, -0.2) is 4.98 Å². The van der Waals surface area contributed by atoms with Crippen LogP contribution in [0.1, 0.15) is 31.0 Å². The summed E-state index contributed by atoms with van der Waals surface area (Å²) in [5, 5.41) is 3.51. The maximum absolute atomic E-state index is 4.03. The first-order valence-corrected chi connectivity index (χ1v) is 6.05. The number of hydrogen-bond acceptors (Lipinski definition) is 2. The SMILES string of the molecule is CCc1cccc(NC(C)c2ccncc2)c1. The lowest BCUT2D eigenvalue weighted by molar-refractivity contribution is 0.880. The fraction of sp³-hybridized carbons (Fsp3) is 0.267. The molecule has 1 heterocycles. The van der Waals surface area contributed by atoms with Crippen LogP contribution < -0.4 is 5.32 Å². The Kier molecular flexibility index (Phi) is 3.76. The quantitative estimate of drug-likeness (QED) is 0.857. The Balaban J connectivity index is 2.10. The van der Waals surface area contributed by atoms with Crippen molar-refractivity contribution in [3.8, 4) is 0 Å². The minimum absolute atomic E-state index is 0.296. The number of hydrogen-bond donors (Lipinski definition) is 1. The van der Waals surface area contributed by atoms with Crippen molar-refractivity contribution < 1.29 is 0 Å². The van der Waals surface area contributed by atoms with E-state index in [1.807, 2.05) is 24.5 Å². The minimum atomic E-state index is 0.296. The number of rotatable bonds is 4. The molecule has 0 aliphatic carbocycles. The molecule has 88 valence electrons. The zero-order valence-electron chi connectivity index (χ0n) is 10.4. The third-order valence-corrected chi connectivity index (χ3v) is 2.92. The molecule has 1 aromatic heterocycles. The van der Waals surface area contributed by atoms with Crippen molar-refractivity contribution in [2.24, 2.45) is 0 Å². The number of anilines is 1. The van der Waals surface area contributed by atoms with Gasteiger partial charge in [-0.1, -0.05) is 19.1 Å². The summed E-state index contributed by atoms with van der Waals surface area (Å²) in [6.45, 7) is 4.33. The van der Waals surface area contributed by atoms with Crippen molar-refractivity contribution in [2.75, 3.05) is 5.32 Å². The molecule has 2 rings (SSSR count). The van der Waals surface area contributed by atoms with Gasteiger partial charge < -0.3 is 5.32 Å². The van der Waals surface area contributed by atoms with Crippen molar-refractivity contribution in [1.29, 1.82) is 0 Å². The molecule has 0 aliphatic heterocycles. The third kappa shape index (κ3) is 3.06. The summed E-state index contributed by atoms with van der Waals surface area (Å²) in [6, 6.07) is 12.9. The summed E-state index contributed by atoms with van der Waals surface area (Å²) in [7, 11) is 0. The van der Waals surface area contributed by atoms with Crippen LogP contribution in [0.4, 0.5) is 5.69 Å². The Hall–Kier alpha value is -1.83. The van der Waals surface area contributed by atoms with Gasteiger partial charge in [0.1, 0.15) is 0 Å². The molecule has 2 nitrogen and oxygen atoms in total. The Morgan fingerprint density at radius 1 is 1.18 bits per heavy atom. The topological polar surface area (TPSA) is 24.9 Å². The van der Waals surface area contributed by atoms with Crippen molar-refractivity contribution in [1.82, 2.24) is 4.98 Å². The molecule has 1 atom stereocenters. The molecule has 0 aliphatic rings. The van der Waals surface area contributed by atoms with Crippen LogP contribution in [0.5, 0.6) is 0 Å². The Morgan fingerprint density at radius 3 is 2.65 bits per heavy atom. The molecule has 1 unspecified atom stereocenters. The van der Waals surface area contributed by atoms with Crippen molar-refractivity contribution in [3.63, 3.8) is 0 Å². The van der Waals surface area contributed by atoms with Crippen LogP contribution in [0.3, 0.4) is 0 Å².